The van der Waals surface area contributed by atoms with Crippen molar-refractivity contribution in [1.82, 2.24) is 0 Å². The Hall–Kier alpha value is -1.60. The molecule has 0 aliphatic heterocycles. The van der Waals surface area contributed by atoms with Crippen LogP contribution < -0.4 is 0 Å². The van der Waals surface area contributed by atoms with Gasteiger partial charge in [0.1, 0.15) is 5.60 Å². The molecule has 0 aromatic heterocycles. The van der Waals surface area contributed by atoms with E-state index in [0.29, 0.717) is 5.92 Å². The average Bonchev–Trinajstić information content (AvgIpc) is 2.76. The zero-order valence-electron chi connectivity index (χ0n) is 12.6. The fourth-order valence-corrected chi connectivity index (χ4v) is 3.83. The number of rotatable bonds is 2. The molecule has 0 spiro atoms. The maximum atomic E-state index is 11.3. The number of aliphatic hydroxyl groups is 1. The second-order valence-electron chi connectivity index (χ2n) is 6.77. The summed E-state index contributed by atoms with van der Waals surface area (Å²) in [6.07, 6.45) is 5.73. The van der Waals surface area contributed by atoms with Crippen molar-refractivity contribution in [2.45, 2.75) is 50.5 Å². The fraction of sp³-hybridized carbons (Fsp3) is 0.400. The lowest BCUT2D eigenvalue weighted by Crippen LogP contribution is -2.24. The predicted octanol–water partition coefficient (Wildman–Crippen LogP) is 4.44. The zero-order valence-corrected chi connectivity index (χ0v) is 12.6. The standard InChI is InChI=1S/C20H22O/c1-14-8-9-16-10-11-20(21,19(16)12-14)18-7-3-6-17(13-18)15-4-2-5-15/h3,6-9,12-13,15,21H,2,4-5,10-11H2,1H3. The molecule has 4 rings (SSSR count). The first-order chi connectivity index (χ1) is 10.2. The first kappa shape index (κ1) is 13.1. The van der Waals surface area contributed by atoms with Crippen molar-refractivity contribution >= 4 is 0 Å². The molecule has 1 saturated carbocycles. The van der Waals surface area contributed by atoms with Gasteiger partial charge in [-0.25, -0.2) is 0 Å². The molecule has 2 aliphatic rings. The molecule has 0 bridgehead atoms. The third-order valence-electron chi connectivity index (χ3n) is 5.41. The summed E-state index contributed by atoms with van der Waals surface area (Å²) in [6, 6.07) is 15.2. The van der Waals surface area contributed by atoms with E-state index in [-0.39, 0.29) is 0 Å². The van der Waals surface area contributed by atoms with Crippen LogP contribution in [0.3, 0.4) is 0 Å². The largest absolute Gasteiger partial charge is 0.380 e. The molecular weight excluding hydrogens is 256 g/mol. The Kier molecular flexibility index (Phi) is 2.93. The van der Waals surface area contributed by atoms with E-state index >= 15 is 0 Å². The van der Waals surface area contributed by atoms with Crippen molar-refractivity contribution in [3.63, 3.8) is 0 Å². The van der Waals surface area contributed by atoms with Gasteiger partial charge in [0, 0.05) is 0 Å². The number of aryl methyl sites for hydroxylation is 2. The van der Waals surface area contributed by atoms with E-state index in [1.54, 1.807) is 0 Å². The highest BCUT2D eigenvalue weighted by Crippen LogP contribution is 2.44. The number of hydrogen-bond donors (Lipinski definition) is 1. The minimum atomic E-state index is -0.791. The SMILES string of the molecule is Cc1ccc2c(c1)C(O)(c1cccc(C3CCC3)c1)CC2. The van der Waals surface area contributed by atoms with Gasteiger partial charge in [0.05, 0.1) is 0 Å². The normalized spacial score (nSPS) is 24.7. The highest BCUT2D eigenvalue weighted by atomic mass is 16.3. The summed E-state index contributed by atoms with van der Waals surface area (Å²) in [6.45, 7) is 2.10. The lowest BCUT2D eigenvalue weighted by molar-refractivity contribution is 0.0827. The van der Waals surface area contributed by atoms with E-state index in [4.69, 9.17) is 0 Å². The van der Waals surface area contributed by atoms with Crippen molar-refractivity contribution in [3.05, 3.63) is 70.3 Å². The van der Waals surface area contributed by atoms with Gasteiger partial charge in [0.25, 0.3) is 0 Å². The van der Waals surface area contributed by atoms with Crippen LogP contribution in [0.25, 0.3) is 0 Å². The van der Waals surface area contributed by atoms with Crippen LogP contribution >= 0.6 is 0 Å². The molecule has 0 saturated heterocycles. The van der Waals surface area contributed by atoms with Crippen LogP contribution in [0.1, 0.15) is 59.4 Å². The summed E-state index contributed by atoms with van der Waals surface area (Å²) in [5, 5.41) is 11.3. The van der Waals surface area contributed by atoms with Crippen molar-refractivity contribution in [3.8, 4) is 0 Å². The van der Waals surface area contributed by atoms with Gasteiger partial charge in [-0.05, 0) is 60.8 Å². The van der Waals surface area contributed by atoms with Crippen LogP contribution in [-0.4, -0.2) is 5.11 Å². The van der Waals surface area contributed by atoms with Gasteiger partial charge in [0.2, 0.25) is 0 Å². The summed E-state index contributed by atoms with van der Waals surface area (Å²) < 4.78 is 0. The highest BCUT2D eigenvalue weighted by molar-refractivity contribution is 5.47. The minimum Gasteiger partial charge on any atom is -0.380 e. The maximum Gasteiger partial charge on any atom is 0.115 e. The molecule has 1 heteroatoms. The Labute approximate surface area is 126 Å². The Balaban J connectivity index is 1.78. The van der Waals surface area contributed by atoms with E-state index in [2.05, 4.69) is 49.4 Å². The summed E-state index contributed by atoms with van der Waals surface area (Å²) in [4.78, 5) is 0. The second-order valence-corrected chi connectivity index (χ2v) is 6.77. The van der Waals surface area contributed by atoms with Gasteiger partial charge < -0.3 is 5.11 Å². The Morgan fingerprint density at radius 2 is 1.95 bits per heavy atom. The molecule has 1 fully saturated rings. The lowest BCUT2D eigenvalue weighted by Gasteiger charge is -2.29. The molecule has 0 amide bonds. The summed E-state index contributed by atoms with van der Waals surface area (Å²) in [7, 11) is 0. The molecule has 0 radical (unpaired) electrons. The van der Waals surface area contributed by atoms with E-state index < -0.39 is 5.60 Å². The van der Waals surface area contributed by atoms with Crippen LogP contribution in [0.2, 0.25) is 0 Å². The van der Waals surface area contributed by atoms with Gasteiger partial charge in [-0.15, -0.1) is 0 Å². The molecule has 0 heterocycles. The van der Waals surface area contributed by atoms with Gasteiger partial charge in [-0.2, -0.15) is 0 Å². The van der Waals surface area contributed by atoms with E-state index in [1.165, 1.54) is 36.0 Å². The van der Waals surface area contributed by atoms with E-state index in [1.807, 2.05) is 0 Å². The number of fused-ring (bicyclic) bond motifs is 1. The molecule has 1 N–H and O–H groups in total. The van der Waals surface area contributed by atoms with Crippen molar-refractivity contribution in [1.29, 1.82) is 0 Å². The third-order valence-corrected chi connectivity index (χ3v) is 5.41. The van der Waals surface area contributed by atoms with Crippen LogP contribution in [0, 0.1) is 6.92 Å². The molecule has 1 nitrogen and oxygen atoms in total. The Morgan fingerprint density at radius 3 is 2.71 bits per heavy atom. The molecule has 108 valence electrons. The monoisotopic (exact) mass is 278 g/mol. The van der Waals surface area contributed by atoms with Crippen molar-refractivity contribution < 1.29 is 5.11 Å². The quantitative estimate of drug-likeness (QED) is 0.860. The first-order valence-corrected chi connectivity index (χ1v) is 8.10. The first-order valence-electron chi connectivity index (χ1n) is 8.10. The van der Waals surface area contributed by atoms with Crippen molar-refractivity contribution in [2.75, 3.05) is 0 Å². The lowest BCUT2D eigenvalue weighted by atomic mass is 9.78. The summed E-state index contributed by atoms with van der Waals surface area (Å²) in [5.74, 6) is 0.715. The van der Waals surface area contributed by atoms with Crippen LogP contribution in [0.5, 0.6) is 0 Å². The average molecular weight is 278 g/mol. The summed E-state index contributed by atoms with van der Waals surface area (Å²) >= 11 is 0. The molecule has 2 aliphatic carbocycles. The molecule has 1 atom stereocenters. The summed E-state index contributed by atoms with van der Waals surface area (Å²) in [5.41, 5.74) is 5.35. The van der Waals surface area contributed by atoms with E-state index in [9.17, 15) is 5.11 Å². The van der Waals surface area contributed by atoms with Gasteiger partial charge in [0.15, 0.2) is 0 Å². The highest BCUT2D eigenvalue weighted by Gasteiger charge is 2.38. The van der Waals surface area contributed by atoms with Gasteiger partial charge >= 0.3 is 0 Å². The Morgan fingerprint density at radius 1 is 1.10 bits per heavy atom. The van der Waals surface area contributed by atoms with Crippen molar-refractivity contribution in [2.24, 2.45) is 0 Å². The number of hydrogen-bond acceptors (Lipinski definition) is 1. The smallest absolute Gasteiger partial charge is 0.115 e. The topological polar surface area (TPSA) is 20.2 Å². The third kappa shape index (κ3) is 2.03. The Bertz CT molecular complexity index is 684. The molecule has 2 aromatic rings. The van der Waals surface area contributed by atoms with Crippen LogP contribution in [-0.2, 0) is 12.0 Å². The van der Waals surface area contributed by atoms with Gasteiger partial charge in [-0.3, -0.25) is 0 Å². The maximum absolute atomic E-state index is 11.3. The predicted molar refractivity (Wildman–Crippen MR) is 85.5 cm³/mol. The van der Waals surface area contributed by atoms with Crippen LogP contribution in [0.4, 0.5) is 0 Å². The molecular formula is C20H22O. The number of benzene rings is 2. The minimum absolute atomic E-state index is 0.715. The fourth-order valence-electron chi connectivity index (χ4n) is 3.83. The molecule has 2 aromatic carbocycles. The van der Waals surface area contributed by atoms with Crippen LogP contribution in [0.15, 0.2) is 42.5 Å². The van der Waals surface area contributed by atoms with Gasteiger partial charge in [-0.1, -0.05) is 54.4 Å². The molecule has 21 heavy (non-hydrogen) atoms. The molecule has 1 unspecified atom stereocenters. The zero-order chi connectivity index (χ0) is 14.4. The second kappa shape index (κ2) is 4.71. The van der Waals surface area contributed by atoms with E-state index in [0.717, 1.165) is 24.0 Å².